The average molecular weight is 727 g/mol. The molecule has 0 fully saturated rings. The van der Waals surface area contributed by atoms with Crippen molar-refractivity contribution in [2.45, 2.75) is 0 Å². The molecule has 266 valence electrons. The van der Waals surface area contributed by atoms with Gasteiger partial charge in [-0.1, -0.05) is 158 Å². The van der Waals surface area contributed by atoms with Crippen LogP contribution in [0.25, 0.3) is 105 Å². The maximum absolute atomic E-state index is 5.22. The number of aromatic nitrogens is 4. The standard InChI is InChI=1S/C53H34N4/c1-4-14-35(15-5-1)45-33-47(37-16-6-2-7-17-37)54-46-31-28-36-24-25-40(32-44(36)52(45)46)49-34-48(55-53(56-49)39-18-8-3-9-19-39)38-26-29-41(30-27-38)57-50-22-12-10-20-42(50)43-21-11-13-23-51(43)57/h1-34H. The van der Waals surface area contributed by atoms with Gasteiger partial charge in [0.25, 0.3) is 0 Å². The van der Waals surface area contributed by atoms with Crippen LogP contribution in [-0.4, -0.2) is 19.5 Å². The number of fused-ring (bicyclic) bond motifs is 6. The number of nitrogens with zero attached hydrogens (tertiary/aromatic N) is 4. The SMILES string of the molecule is c1ccc(-c2cc(-c3ccccc3)c3c(ccc4ccc(-c5cc(-c6ccc(-n7c8ccccc8c8ccccc87)cc6)nc(-c6ccccc6)n5)cc43)n2)cc1. The average Bonchev–Trinajstić information content (AvgIpc) is 3.63. The first-order valence-corrected chi connectivity index (χ1v) is 19.3. The normalized spacial score (nSPS) is 11.5. The Morgan fingerprint density at radius 2 is 0.842 bits per heavy atom. The first-order chi connectivity index (χ1) is 28.2. The lowest BCUT2D eigenvalue weighted by atomic mass is 9.93. The fourth-order valence-corrected chi connectivity index (χ4v) is 8.26. The van der Waals surface area contributed by atoms with Crippen LogP contribution in [0.3, 0.4) is 0 Å². The van der Waals surface area contributed by atoms with E-state index in [4.69, 9.17) is 15.0 Å². The molecule has 0 atom stereocenters. The molecule has 0 aliphatic carbocycles. The van der Waals surface area contributed by atoms with Gasteiger partial charge in [-0.25, -0.2) is 15.0 Å². The Kier molecular flexibility index (Phi) is 7.78. The van der Waals surface area contributed by atoms with Crippen molar-refractivity contribution in [3.8, 4) is 62.0 Å². The van der Waals surface area contributed by atoms with Crippen LogP contribution in [0.5, 0.6) is 0 Å². The fourth-order valence-electron chi connectivity index (χ4n) is 8.26. The lowest BCUT2D eigenvalue weighted by Gasteiger charge is -2.14. The second-order valence-corrected chi connectivity index (χ2v) is 14.4. The zero-order valence-electron chi connectivity index (χ0n) is 30.9. The molecule has 4 nitrogen and oxygen atoms in total. The molecule has 11 rings (SSSR count). The summed E-state index contributed by atoms with van der Waals surface area (Å²) in [5.41, 5.74) is 13.5. The van der Waals surface area contributed by atoms with E-state index in [0.29, 0.717) is 5.82 Å². The number of benzene rings is 8. The summed E-state index contributed by atoms with van der Waals surface area (Å²) in [4.78, 5) is 15.6. The molecule has 4 heteroatoms. The van der Waals surface area contributed by atoms with Crippen LogP contribution < -0.4 is 0 Å². The number of para-hydroxylation sites is 2. The first-order valence-electron chi connectivity index (χ1n) is 19.3. The predicted octanol–water partition coefficient (Wildman–Crippen LogP) is 13.6. The van der Waals surface area contributed by atoms with Gasteiger partial charge in [-0.2, -0.15) is 0 Å². The summed E-state index contributed by atoms with van der Waals surface area (Å²) in [5.74, 6) is 0.687. The van der Waals surface area contributed by atoms with Gasteiger partial charge in [-0.15, -0.1) is 0 Å². The minimum absolute atomic E-state index is 0.687. The Bertz CT molecular complexity index is 3210. The van der Waals surface area contributed by atoms with Crippen LogP contribution in [-0.2, 0) is 0 Å². The summed E-state index contributed by atoms with van der Waals surface area (Å²) in [7, 11) is 0. The maximum Gasteiger partial charge on any atom is 0.160 e. The highest BCUT2D eigenvalue weighted by Gasteiger charge is 2.17. The van der Waals surface area contributed by atoms with E-state index in [1.807, 2.05) is 24.3 Å². The topological polar surface area (TPSA) is 43.6 Å². The van der Waals surface area contributed by atoms with Crippen molar-refractivity contribution in [3.63, 3.8) is 0 Å². The Hall–Kier alpha value is -7.69. The highest BCUT2D eigenvalue weighted by Crippen LogP contribution is 2.39. The molecule has 11 aromatic rings. The van der Waals surface area contributed by atoms with Crippen LogP contribution in [0.2, 0.25) is 0 Å². The van der Waals surface area contributed by atoms with Crippen LogP contribution in [0.15, 0.2) is 206 Å². The molecule has 0 aliphatic rings. The highest BCUT2D eigenvalue weighted by molar-refractivity contribution is 6.15. The van der Waals surface area contributed by atoms with Crippen molar-refractivity contribution >= 4 is 43.5 Å². The molecule has 0 aliphatic heterocycles. The zero-order chi connectivity index (χ0) is 37.7. The summed E-state index contributed by atoms with van der Waals surface area (Å²) < 4.78 is 2.34. The van der Waals surface area contributed by atoms with Crippen LogP contribution >= 0.6 is 0 Å². The quantitative estimate of drug-likeness (QED) is 0.160. The molecular formula is C53H34N4. The third-order valence-corrected chi connectivity index (χ3v) is 11.0. The van der Waals surface area contributed by atoms with Gasteiger partial charge < -0.3 is 4.57 Å². The minimum atomic E-state index is 0.687. The summed E-state index contributed by atoms with van der Waals surface area (Å²) in [6, 6.07) is 72.6. The van der Waals surface area contributed by atoms with E-state index in [2.05, 4.69) is 187 Å². The second-order valence-electron chi connectivity index (χ2n) is 14.4. The van der Waals surface area contributed by atoms with Gasteiger partial charge in [0.1, 0.15) is 0 Å². The molecule has 3 aromatic heterocycles. The molecule has 0 radical (unpaired) electrons. The van der Waals surface area contributed by atoms with Gasteiger partial charge in [0.2, 0.25) is 0 Å². The Labute approximate surface area is 330 Å². The molecule has 0 unspecified atom stereocenters. The third-order valence-electron chi connectivity index (χ3n) is 11.0. The van der Waals surface area contributed by atoms with Crippen molar-refractivity contribution in [3.05, 3.63) is 206 Å². The monoisotopic (exact) mass is 726 g/mol. The summed E-state index contributed by atoms with van der Waals surface area (Å²) in [6.45, 7) is 0. The molecule has 0 N–H and O–H groups in total. The highest BCUT2D eigenvalue weighted by atomic mass is 15.0. The van der Waals surface area contributed by atoms with Gasteiger partial charge in [0.15, 0.2) is 5.82 Å². The van der Waals surface area contributed by atoms with Crippen LogP contribution in [0, 0.1) is 0 Å². The molecule has 0 saturated heterocycles. The van der Waals surface area contributed by atoms with Gasteiger partial charge >= 0.3 is 0 Å². The smallest absolute Gasteiger partial charge is 0.160 e. The van der Waals surface area contributed by atoms with E-state index in [1.54, 1.807) is 0 Å². The molecule has 57 heavy (non-hydrogen) atoms. The number of hydrogen-bond acceptors (Lipinski definition) is 3. The Morgan fingerprint density at radius 3 is 1.51 bits per heavy atom. The first kappa shape index (κ1) is 32.7. The molecule has 0 saturated carbocycles. The number of pyridine rings is 1. The van der Waals surface area contributed by atoms with E-state index >= 15 is 0 Å². The van der Waals surface area contributed by atoms with E-state index in [1.165, 1.54) is 21.8 Å². The second kappa shape index (κ2) is 13.6. The minimum Gasteiger partial charge on any atom is -0.309 e. The van der Waals surface area contributed by atoms with Gasteiger partial charge in [-0.3, -0.25) is 0 Å². The van der Waals surface area contributed by atoms with Crippen molar-refractivity contribution in [1.82, 2.24) is 19.5 Å². The van der Waals surface area contributed by atoms with Gasteiger partial charge in [0.05, 0.1) is 33.6 Å². The lowest BCUT2D eigenvalue weighted by Crippen LogP contribution is -1.97. The fraction of sp³-hybridized carbons (Fsp3) is 0. The maximum atomic E-state index is 5.22. The van der Waals surface area contributed by atoms with Gasteiger partial charge in [-0.05, 0) is 70.4 Å². The van der Waals surface area contributed by atoms with E-state index in [0.717, 1.165) is 77.8 Å². The summed E-state index contributed by atoms with van der Waals surface area (Å²) >= 11 is 0. The van der Waals surface area contributed by atoms with E-state index < -0.39 is 0 Å². The van der Waals surface area contributed by atoms with Crippen LogP contribution in [0.1, 0.15) is 0 Å². The van der Waals surface area contributed by atoms with Crippen LogP contribution in [0.4, 0.5) is 0 Å². The Morgan fingerprint density at radius 1 is 0.333 bits per heavy atom. The van der Waals surface area contributed by atoms with E-state index in [-0.39, 0.29) is 0 Å². The molecule has 3 heterocycles. The zero-order valence-corrected chi connectivity index (χ0v) is 30.9. The lowest BCUT2D eigenvalue weighted by molar-refractivity contribution is 1.17. The molecule has 0 amide bonds. The molecule has 8 aromatic carbocycles. The predicted molar refractivity (Wildman–Crippen MR) is 236 cm³/mol. The third kappa shape index (κ3) is 5.74. The molecule has 0 spiro atoms. The van der Waals surface area contributed by atoms with Gasteiger partial charge in [0, 0.05) is 44.1 Å². The Balaban J connectivity index is 1.08. The number of hydrogen-bond donors (Lipinski definition) is 0. The summed E-state index contributed by atoms with van der Waals surface area (Å²) in [5, 5.41) is 5.90. The van der Waals surface area contributed by atoms with E-state index in [9.17, 15) is 0 Å². The van der Waals surface area contributed by atoms with Crippen molar-refractivity contribution in [1.29, 1.82) is 0 Å². The summed E-state index contributed by atoms with van der Waals surface area (Å²) in [6.07, 6.45) is 0. The molecule has 0 bridgehead atoms. The largest absolute Gasteiger partial charge is 0.309 e. The van der Waals surface area contributed by atoms with Crippen molar-refractivity contribution in [2.75, 3.05) is 0 Å². The van der Waals surface area contributed by atoms with Crippen molar-refractivity contribution < 1.29 is 0 Å². The molecular weight excluding hydrogens is 693 g/mol. The number of rotatable bonds is 6. The van der Waals surface area contributed by atoms with Crippen molar-refractivity contribution in [2.24, 2.45) is 0 Å².